The second-order valence-corrected chi connectivity index (χ2v) is 5.58. The number of hydrogen-bond donors (Lipinski definition) is 1. The molecule has 98 valence electrons. The van der Waals surface area contributed by atoms with E-state index in [0.29, 0.717) is 17.7 Å². The molecule has 2 fully saturated rings. The van der Waals surface area contributed by atoms with Crippen LogP contribution in [0.25, 0.3) is 0 Å². The number of aromatic amines is 1. The second-order valence-electron chi connectivity index (χ2n) is 5.58. The Bertz CT molecular complexity index is 395. The molecule has 4 nitrogen and oxygen atoms in total. The number of nitrogens with one attached hydrogen (secondary N) is 1. The van der Waals surface area contributed by atoms with Crippen LogP contribution < -0.4 is 0 Å². The molecule has 2 aliphatic rings. The molecule has 1 saturated heterocycles. The first-order valence-electron chi connectivity index (χ1n) is 7.12. The van der Waals surface area contributed by atoms with Gasteiger partial charge in [-0.05, 0) is 25.7 Å². The van der Waals surface area contributed by atoms with E-state index in [1.54, 1.807) is 6.20 Å². The molecule has 1 saturated carbocycles. The van der Waals surface area contributed by atoms with Crippen LogP contribution in [0.4, 0.5) is 0 Å². The first kappa shape index (κ1) is 11.8. The molecule has 1 aromatic rings. The third-order valence-corrected chi connectivity index (χ3v) is 4.34. The topological polar surface area (TPSA) is 49.0 Å². The number of nitrogens with zero attached hydrogens (tertiary/aromatic N) is 2. The molecule has 1 N–H and O–H groups in total. The van der Waals surface area contributed by atoms with Crippen molar-refractivity contribution in [3.63, 3.8) is 0 Å². The number of likely N-dealkylation sites (tertiary alicyclic amines) is 1. The third kappa shape index (κ3) is 2.28. The number of aromatic nitrogens is 2. The average molecular weight is 247 g/mol. The molecule has 18 heavy (non-hydrogen) atoms. The summed E-state index contributed by atoms with van der Waals surface area (Å²) < 4.78 is 0. The number of imidazole rings is 1. The molecule has 1 aliphatic carbocycles. The van der Waals surface area contributed by atoms with E-state index in [1.807, 2.05) is 6.20 Å². The van der Waals surface area contributed by atoms with Gasteiger partial charge in [-0.1, -0.05) is 12.8 Å². The number of carbonyl (C=O) groups excluding carboxylic acids is 1. The van der Waals surface area contributed by atoms with Crippen LogP contribution in [-0.2, 0) is 4.79 Å². The van der Waals surface area contributed by atoms with E-state index in [9.17, 15) is 4.79 Å². The van der Waals surface area contributed by atoms with Crippen LogP contribution in [0.2, 0.25) is 0 Å². The van der Waals surface area contributed by atoms with E-state index in [1.165, 1.54) is 12.8 Å². The number of amides is 1. The highest BCUT2D eigenvalue weighted by molar-refractivity contribution is 5.79. The largest absolute Gasteiger partial charge is 0.348 e. The molecule has 1 unspecified atom stereocenters. The molecule has 1 aromatic heterocycles. The van der Waals surface area contributed by atoms with Crippen molar-refractivity contribution in [3.8, 4) is 0 Å². The molecule has 0 bridgehead atoms. The van der Waals surface area contributed by atoms with Gasteiger partial charge in [0.1, 0.15) is 5.82 Å². The first-order valence-corrected chi connectivity index (χ1v) is 7.12. The summed E-state index contributed by atoms with van der Waals surface area (Å²) in [6.45, 7) is 1.79. The Labute approximate surface area is 108 Å². The van der Waals surface area contributed by atoms with E-state index in [-0.39, 0.29) is 0 Å². The number of piperidine rings is 1. The minimum Gasteiger partial charge on any atom is -0.348 e. The van der Waals surface area contributed by atoms with Gasteiger partial charge in [-0.15, -0.1) is 0 Å². The van der Waals surface area contributed by atoms with Crippen molar-refractivity contribution in [2.24, 2.45) is 5.92 Å². The predicted molar refractivity (Wildman–Crippen MR) is 69.1 cm³/mol. The first-order chi connectivity index (χ1) is 8.84. The van der Waals surface area contributed by atoms with E-state index in [0.717, 1.165) is 44.6 Å². The molecule has 1 amide bonds. The second kappa shape index (κ2) is 5.12. The maximum Gasteiger partial charge on any atom is 0.225 e. The summed E-state index contributed by atoms with van der Waals surface area (Å²) in [6, 6.07) is 0. The third-order valence-electron chi connectivity index (χ3n) is 4.34. The van der Waals surface area contributed by atoms with Crippen LogP contribution in [-0.4, -0.2) is 33.9 Å². The Hall–Kier alpha value is -1.32. The summed E-state index contributed by atoms with van der Waals surface area (Å²) in [7, 11) is 0. The molecule has 4 heteroatoms. The normalized spacial score (nSPS) is 25.6. The van der Waals surface area contributed by atoms with Crippen molar-refractivity contribution in [2.45, 2.75) is 44.4 Å². The van der Waals surface area contributed by atoms with Crippen molar-refractivity contribution >= 4 is 5.91 Å². The lowest BCUT2D eigenvalue weighted by atomic mass is 9.95. The van der Waals surface area contributed by atoms with Crippen LogP contribution in [0.3, 0.4) is 0 Å². The molecule has 0 radical (unpaired) electrons. The summed E-state index contributed by atoms with van der Waals surface area (Å²) in [6.07, 6.45) is 10.6. The molecule has 1 atom stereocenters. The van der Waals surface area contributed by atoms with Gasteiger partial charge in [0.15, 0.2) is 0 Å². The smallest absolute Gasteiger partial charge is 0.225 e. The van der Waals surface area contributed by atoms with Gasteiger partial charge in [0.05, 0.1) is 0 Å². The number of rotatable bonds is 2. The van der Waals surface area contributed by atoms with Gasteiger partial charge in [-0.25, -0.2) is 4.98 Å². The zero-order valence-electron chi connectivity index (χ0n) is 10.8. The number of H-pyrrole nitrogens is 1. The van der Waals surface area contributed by atoms with Gasteiger partial charge in [-0.3, -0.25) is 4.79 Å². The summed E-state index contributed by atoms with van der Waals surface area (Å²) in [5, 5.41) is 0. The van der Waals surface area contributed by atoms with E-state index >= 15 is 0 Å². The molecule has 0 aromatic carbocycles. The molecule has 3 rings (SSSR count). The van der Waals surface area contributed by atoms with Gasteiger partial charge in [0, 0.05) is 37.3 Å². The highest BCUT2D eigenvalue weighted by Crippen LogP contribution is 2.30. The van der Waals surface area contributed by atoms with Gasteiger partial charge in [0.25, 0.3) is 0 Å². The number of carbonyl (C=O) groups is 1. The fourth-order valence-electron chi connectivity index (χ4n) is 3.33. The molecular formula is C14H21N3O. The van der Waals surface area contributed by atoms with Crippen LogP contribution in [0.5, 0.6) is 0 Å². The number of hydrogen-bond acceptors (Lipinski definition) is 2. The van der Waals surface area contributed by atoms with E-state index in [2.05, 4.69) is 14.9 Å². The predicted octanol–water partition coefficient (Wildman–Crippen LogP) is 2.31. The van der Waals surface area contributed by atoms with Gasteiger partial charge >= 0.3 is 0 Å². The van der Waals surface area contributed by atoms with E-state index in [4.69, 9.17) is 0 Å². The van der Waals surface area contributed by atoms with Crippen molar-refractivity contribution in [1.82, 2.24) is 14.9 Å². The van der Waals surface area contributed by atoms with Crippen LogP contribution in [0.15, 0.2) is 12.4 Å². The van der Waals surface area contributed by atoms with Gasteiger partial charge in [-0.2, -0.15) is 0 Å². The highest BCUT2D eigenvalue weighted by atomic mass is 16.2. The lowest BCUT2D eigenvalue weighted by Crippen LogP contribution is -2.42. The van der Waals surface area contributed by atoms with Crippen molar-refractivity contribution in [1.29, 1.82) is 0 Å². The molecule has 0 spiro atoms. The van der Waals surface area contributed by atoms with Crippen LogP contribution in [0, 0.1) is 5.92 Å². The minimum atomic E-state index is 0.306. The molecular weight excluding hydrogens is 226 g/mol. The summed E-state index contributed by atoms with van der Waals surface area (Å²) >= 11 is 0. The lowest BCUT2D eigenvalue weighted by molar-refractivity contribution is -0.136. The summed E-state index contributed by atoms with van der Waals surface area (Å²) in [5.41, 5.74) is 0. The minimum absolute atomic E-state index is 0.306. The Balaban J connectivity index is 1.64. The molecule has 1 aliphatic heterocycles. The zero-order valence-corrected chi connectivity index (χ0v) is 10.8. The lowest BCUT2D eigenvalue weighted by Gasteiger charge is -2.33. The van der Waals surface area contributed by atoms with Crippen LogP contribution >= 0.6 is 0 Å². The standard InChI is InChI=1S/C14H21N3O/c18-14(11-4-1-2-5-11)17-9-3-6-12(10-17)13-15-7-8-16-13/h7-8,11-12H,1-6,9-10H2,(H,15,16). The highest BCUT2D eigenvalue weighted by Gasteiger charge is 2.31. The fraction of sp³-hybridized carbons (Fsp3) is 0.714. The zero-order chi connectivity index (χ0) is 12.4. The average Bonchev–Trinajstić information content (AvgIpc) is 3.11. The van der Waals surface area contributed by atoms with Crippen LogP contribution in [0.1, 0.15) is 50.3 Å². The maximum atomic E-state index is 12.4. The van der Waals surface area contributed by atoms with Crippen molar-refractivity contribution < 1.29 is 4.79 Å². The SMILES string of the molecule is O=C(C1CCCC1)N1CCCC(c2ncc[nH]2)C1. The van der Waals surface area contributed by atoms with E-state index < -0.39 is 0 Å². The Morgan fingerprint density at radius 2 is 2.11 bits per heavy atom. The summed E-state index contributed by atoms with van der Waals surface area (Å²) in [5.74, 6) is 2.14. The van der Waals surface area contributed by atoms with Crippen molar-refractivity contribution in [3.05, 3.63) is 18.2 Å². The summed E-state index contributed by atoms with van der Waals surface area (Å²) in [4.78, 5) is 22.0. The fourth-order valence-corrected chi connectivity index (χ4v) is 3.33. The Morgan fingerprint density at radius 1 is 1.28 bits per heavy atom. The van der Waals surface area contributed by atoms with Gasteiger partial charge in [0.2, 0.25) is 5.91 Å². The molecule has 2 heterocycles. The Morgan fingerprint density at radius 3 is 2.83 bits per heavy atom. The Kier molecular flexibility index (Phi) is 3.35. The quantitative estimate of drug-likeness (QED) is 0.871. The monoisotopic (exact) mass is 247 g/mol. The van der Waals surface area contributed by atoms with Crippen molar-refractivity contribution in [2.75, 3.05) is 13.1 Å². The maximum absolute atomic E-state index is 12.4. The van der Waals surface area contributed by atoms with Gasteiger partial charge < -0.3 is 9.88 Å².